The van der Waals surface area contributed by atoms with Gasteiger partial charge < -0.3 is 24.3 Å². The molecule has 1 aliphatic heterocycles. The van der Waals surface area contributed by atoms with Gasteiger partial charge in [0.25, 0.3) is 0 Å². The van der Waals surface area contributed by atoms with Crippen molar-refractivity contribution in [2.45, 2.75) is 45.8 Å². The van der Waals surface area contributed by atoms with E-state index in [1.807, 2.05) is 42.6 Å². The standard InChI is InChI=1S/C26H31ClN4O2S/c1-16(2)30-17(3)14-20(18(30)4)25-24(22-8-6-7-11-28-22)29-26(34)31(25)19-9-10-23(21(27)15-19)33-13-12-32-5/h6-11,14-16,24-25H,12-13H2,1-5H3,(H,29,34)/t24-,25-/m0/s1. The van der Waals surface area contributed by atoms with E-state index in [1.54, 1.807) is 7.11 Å². The molecule has 4 rings (SSSR count). The minimum absolute atomic E-state index is 0.0857. The van der Waals surface area contributed by atoms with Crippen LogP contribution in [0.5, 0.6) is 5.75 Å². The summed E-state index contributed by atoms with van der Waals surface area (Å²) >= 11 is 12.5. The van der Waals surface area contributed by atoms with Crippen LogP contribution in [-0.2, 0) is 4.74 Å². The molecule has 1 N–H and O–H groups in total. The average molecular weight is 499 g/mol. The van der Waals surface area contributed by atoms with Crippen LogP contribution in [0.25, 0.3) is 0 Å². The van der Waals surface area contributed by atoms with Gasteiger partial charge >= 0.3 is 0 Å². The minimum atomic E-state index is -0.105. The van der Waals surface area contributed by atoms with Crippen LogP contribution < -0.4 is 15.0 Å². The SMILES string of the molecule is COCCOc1ccc(N2C(=S)N[C@@H](c3ccccn3)[C@@H]2c2cc(C)n(C(C)C)c2C)cc1Cl. The van der Waals surface area contributed by atoms with E-state index in [9.17, 15) is 0 Å². The number of pyridine rings is 1. The quantitative estimate of drug-likeness (QED) is 0.306. The first-order chi connectivity index (χ1) is 16.3. The minimum Gasteiger partial charge on any atom is -0.490 e. The third-order valence-electron chi connectivity index (χ3n) is 6.20. The Morgan fingerprint density at radius 1 is 1.15 bits per heavy atom. The summed E-state index contributed by atoms with van der Waals surface area (Å²) in [5, 5.41) is 4.69. The van der Waals surface area contributed by atoms with Gasteiger partial charge in [0.15, 0.2) is 5.11 Å². The van der Waals surface area contributed by atoms with Crippen LogP contribution in [0.1, 0.15) is 54.6 Å². The molecular weight excluding hydrogens is 468 g/mol. The number of ether oxygens (including phenoxy) is 2. The van der Waals surface area contributed by atoms with Crippen LogP contribution in [0.15, 0.2) is 48.7 Å². The lowest BCUT2D eigenvalue weighted by Crippen LogP contribution is -2.29. The number of nitrogens with zero attached hydrogens (tertiary/aromatic N) is 3. The Hall–Kier alpha value is -2.61. The van der Waals surface area contributed by atoms with Gasteiger partial charge in [-0.25, -0.2) is 0 Å². The van der Waals surface area contributed by atoms with Crippen molar-refractivity contribution >= 4 is 34.6 Å². The molecule has 1 aromatic carbocycles. The molecule has 1 saturated heterocycles. The Bertz CT molecular complexity index is 1170. The predicted molar refractivity (Wildman–Crippen MR) is 141 cm³/mol. The molecule has 2 aromatic heterocycles. The summed E-state index contributed by atoms with van der Waals surface area (Å²) in [5.74, 6) is 0.622. The molecule has 3 heterocycles. The number of benzene rings is 1. The number of halogens is 1. The van der Waals surface area contributed by atoms with Crippen LogP contribution in [0.4, 0.5) is 5.69 Å². The number of nitrogens with one attached hydrogen (secondary N) is 1. The van der Waals surface area contributed by atoms with E-state index < -0.39 is 0 Å². The normalized spacial score (nSPS) is 18.0. The number of rotatable bonds is 8. The maximum atomic E-state index is 6.61. The first-order valence-electron chi connectivity index (χ1n) is 11.4. The average Bonchev–Trinajstić information content (AvgIpc) is 3.30. The Morgan fingerprint density at radius 2 is 1.94 bits per heavy atom. The maximum absolute atomic E-state index is 6.61. The first-order valence-corrected chi connectivity index (χ1v) is 12.2. The molecular formula is C26H31ClN4O2S. The topological polar surface area (TPSA) is 51.6 Å². The summed E-state index contributed by atoms with van der Waals surface area (Å²) in [4.78, 5) is 6.80. The lowest BCUT2D eigenvalue weighted by Gasteiger charge is -2.29. The van der Waals surface area contributed by atoms with Gasteiger partial charge in [0.1, 0.15) is 12.4 Å². The number of methoxy groups -OCH3 is 1. The molecule has 0 radical (unpaired) electrons. The number of anilines is 1. The summed E-state index contributed by atoms with van der Waals surface area (Å²) in [6, 6.07) is 14.2. The van der Waals surface area contributed by atoms with Crippen molar-refractivity contribution in [3.63, 3.8) is 0 Å². The van der Waals surface area contributed by atoms with Gasteiger partial charge in [-0.2, -0.15) is 0 Å². The smallest absolute Gasteiger partial charge is 0.174 e. The molecule has 1 aliphatic rings. The monoisotopic (exact) mass is 498 g/mol. The van der Waals surface area contributed by atoms with Gasteiger partial charge in [0, 0.05) is 36.4 Å². The molecule has 34 heavy (non-hydrogen) atoms. The highest BCUT2D eigenvalue weighted by Gasteiger charge is 2.42. The maximum Gasteiger partial charge on any atom is 0.174 e. The lowest BCUT2D eigenvalue weighted by molar-refractivity contribution is 0.146. The number of aryl methyl sites for hydroxylation is 1. The van der Waals surface area contributed by atoms with Crippen LogP contribution >= 0.6 is 23.8 Å². The van der Waals surface area contributed by atoms with Crippen LogP contribution in [0.3, 0.4) is 0 Å². The second kappa shape index (κ2) is 10.3. The van der Waals surface area contributed by atoms with E-state index in [1.165, 1.54) is 17.0 Å². The van der Waals surface area contributed by atoms with Crippen molar-refractivity contribution in [2.75, 3.05) is 25.2 Å². The Morgan fingerprint density at radius 3 is 2.56 bits per heavy atom. The molecule has 2 atom stereocenters. The highest BCUT2D eigenvalue weighted by molar-refractivity contribution is 7.80. The molecule has 3 aromatic rings. The fourth-order valence-electron chi connectivity index (χ4n) is 4.84. The van der Waals surface area contributed by atoms with E-state index in [4.69, 9.17) is 33.3 Å². The van der Waals surface area contributed by atoms with Crippen molar-refractivity contribution in [3.8, 4) is 5.75 Å². The molecule has 0 aliphatic carbocycles. The largest absolute Gasteiger partial charge is 0.490 e. The molecule has 0 unspecified atom stereocenters. The number of aromatic nitrogens is 2. The molecule has 0 amide bonds. The molecule has 8 heteroatoms. The van der Waals surface area contributed by atoms with Crippen LogP contribution in [-0.4, -0.2) is 35.0 Å². The third-order valence-corrected chi connectivity index (χ3v) is 6.81. The summed E-state index contributed by atoms with van der Waals surface area (Å²) in [7, 11) is 1.64. The number of thiocarbonyl (C=S) groups is 1. The molecule has 0 saturated carbocycles. The summed E-state index contributed by atoms with van der Waals surface area (Å²) in [6.07, 6.45) is 1.82. The number of hydrogen-bond donors (Lipinski definition) is 1. The fraction of sp³-hybridized carbons (Fsp3) is 0.385. The molecule has 1 fully saturated rings. The van der Waals surface area contributed by atoms with Gasteiger partial charge in [-0.1, -0.05) is 17.7 Å². The summed E-state index contributed by atoms with van der Waals surface area (Å²) in [6.45, 7) is 9.68. The van der Waals surface area contributed by atoms with Gasteiger partial charge in [-0.15, -0.1) is 0 Å². The summed E-state index contributed by atoms with van der Waals surface area (Å²) < 4.78 is 13.2. The fourth-order valence-corrected chi connectivity index (χ4v) is 5.41. The van der Waals surface area contributed by atoms with E-state index in [2.05, 4.69) is 53.5 Å². The van der Waals surface area contributed by atoms with Crippen molar-refractivity contribution in [1.29, 1.82) is 0 Å². The Balaban J connectivity index is 1.79. The zero-order valence-corrected chi connectivity index (χ0v) is 21.8. The van der Waals surface area contributed by atoms with E-state index >= 15 is 0 Å². The van der Waals surface area contributed by atoms with Gasteiger partial charge in [-0.05, 0) is 81.9 Å². The van der Waals surface area contributed by atoms with Crippen molar-refractivity contribution in [2.24, 2.45) is 0 Å². The summed E-state index contributed by atoms with van der Waals surface area (Å²) in [5.41, 5.74) is 5.50. The number of hydrogen-bond acceptors (Lipinski definition) is 4. The zero-order valence-electron chi connectivity index (χ0n) is 20.2. The molecule has 180 valence electrons. The highest BCUT2D eigenvalue weighted by Crippen LogP contribution is 2.44. The van der Waals surface area contributed by atoms with Crippen molar-refractivity contribution in [1.82, 2.24) is 14.9 Å². The molecule has 0 bridgehead atoms. The van der Waals surface area contributed by atoms with Crippen molar-refractivity contribution in [3.05, 3.63) is 76.3 Å². The second-order valence-electron chi connectivity index (χ2n) is 8.74. The van der Waals surface area contributed by atoms with Crippen LogP contribution in [0.2, 0.25) is 5.02 Å². The first kappa shape index (κ1) is 24.5. The van der Waals surface area contributed by atoms with E-state index in [-0.39, 0.29) is 12.1 Å². The van der Waals surface area contributed by atoms with E-state index in [0.717, 1.165) is 11.4 Å². The third kappa shape index (κ3) is 4.65. The van der Waals surface area contributed by atoms with Crippen LogP contribution in [0, 0.1) is 13.8 Å². The Kier molecular flexibility index (Phi) is 7.45. The second-order valence-corrected chi connectivity index (χ2v) is 9.54. The van der Waals surface area contributed by atoms with Crippen molar-refractivity contribution < 1.29 is 9.47 Å². The zero-order chi connectivity index (χ0) is 24.4. The molecule has 0 spiro atoms. The molecule has 6 nitrogen and oxygen atoms in total. The van der Waals surface area contributed by atoms with Gasteiger partial charge in [0.05, 0.1) is 29.4 Å². The van der Waals surface area contributed by atoms with Gasteiger partial charge in [-0.3, -0.25) is 4.98 Å². The Labute approximate surface area is 211 Å². The predicted octanol–water partition coefficient (Wildman–Crippen LogP) is 5.94. The lowest BCUT2D eigenvalue weighted by atomic mass is 9.96. The van der Waals surface area contributed by atoms with Gasteiger partial charge in [0.2, 0.25) is 0 Å². The highest BCUT2D eigenvalue weighted by atomic mass is 35.5. The van der Waals surface area contributed by atoms with E-state index in [0.29, 0.717) is 35.1 Å².